The predicted octanol–water partition coefficient (Wildman–Crippen LogP) is 5.78. The van der Waals surface area contributed by atoms with E-state index in [0.29, 0.717) is 23.9 Å². The van der Waals surface area contributed by atoms with Crippen LogP contribution in [0.15, 0.2) is 36.4 Å². The van der Waals surface area contributed by atoms with Crippen LogP contribution in [0.5, 0.6) is 5.75 Å². The number of aliphatic hydroxyl groups is 1. The zero-order chi connectivity index (χ0) is 28.0. The van der Waals surface area contributed by atoms with Crippen molar-refractivity contribution in [3.05, 3.63) is 58.1 Å². The molecular weight excluding hydrogens is 516 g/mol. The highest BCUT2D eigenvalue weighted by molar-refractivity contribution is 6.30. The summed E-state index contributed by atoms with van der Waals surface area (Å²) >= 11 is 6.28. The van der Waals surface area contributed by atoms with E-state index in [1.807, 2.05) is 18.2 Å². The molecule has 0 aromatic heterocycles. The van der Waals surface area contributed by atoms with Crippen molar-refractivity contribution in [2.24, 2.45) is 5.92 Å². The Bertz CT molecular complexity index is 1170. The summed E-state index contributed by atoms with van der Waals surface area (Å²) in [5, 5.41) is 22.6. The van der Waals surface area contributed by atoms with Gasteiger partial charge in [0.05, 0.1) is 11.6 Å². The third-order valence-corrected chi connectivity index (χ3v) is 8.52. The van der Waals surface area contributed by atoms with Gasteiger partial charge in [0.25, 0.3) is 0 Å². The van der Waals surface area contributed by atoms with Gasteiger partial charge >= 0.3 is 5.97 Å². The number of hydrogen-bond acceptors (Lipinski definition) is 5. The van der Waals surface area contributed by atoms with Gasteiger partial charge in [0.15, 0.2) is 5.60 Å². The van der Waals surface area contributed by atoms with Gasteiger partial charge in [-0.25, -0.2) is 4.79 Å². The first kappa shape index (κ1) is 29.2. The first-order valence-corrected chi connectivity index (χ1v) is 14.6. The molecule has 2 bridgehead atoms. The molecule has 0 fully saturated rings. The van der Waals surface area contributed by atoms with E-state index in [1.54, 1.807) is 30.1 Å². The number of carbonyl (C=O) groups is 2. The van der Waals surface area contributed by atoms with E-state index in [-0.39, 0.29) is 11.5 Å². The molecule has 2 N–H and O–H groups in total. The minimum Gasteiger partial charge on any atom is -0.487 e. The number of fused-ring (bicyclic) bond motifs is 2. The number of ether oxygens (including phenoxy) is 1. The lowest BCUT2D eigenvalue weighted by Crippen LogP contribution is -2.49. The molecule has 2 aliphatic rings. The van der Waals surface area contributed by atoms with E-state index in [9.17, 15) is 19.8 Å². The fourth-order valence-electron chi connectivity index (χ4n) is 5.75. The minimum atomic E-state index is -2.38. The number of carbonyl (C=O) groups excluding carboxylic acids is 1. The number of aliphatic carboxylic acids is 1. The third kappa shape index (κ3) is 6.69. The van der Waals surface area contributed by atoms with E-state index in [2.05, 4.69) is 4.90 Å². The molecule has 0 saturated heterocycles. The van der Waals surface area contributed by atoms with Crippen LogP contribution in [0.2, 0.25) is 5.02 Å². The van der Waals surface area contributed by atoms with Crippen LogP contribution >= 0.6 is 11.6 Å². The summed E-state index contributed by atoms with van der Waals surface area (Å²) in [6, 6.07) is 10.9. The second-order valence-electron chi connectivity index (χ2n) is 11.0. The quantitative estimate of drug-likeness (QED) is 0.462. The number of carboxylic acids is 1. The Morgan fingerprint density at radius 1 is 0.949 bits per heavy atom. The summed E-state index contributed by atoms with van der Waals surface area (Å²) in [4.78, 5) is 29.7. The van der Waals surface area contributed by atoms with Gasteiger partial charge in [-0.05, 0) is 80.0 Å². The highest BCUT2D eigenvalue weighted by atomic mass is 35.5. The van der Waals surface area contributed by atoms with Crippen molar-refractivity contribution in [3.63, 3.8) is 0 Å². The zero-order valence-corrected chi connectivity index (χ0v) is 23.9. The number of halogens is 1. The lowest BCUT2D eigenvalue weighted by Gasteiger charge is -2.34. The van der Waals surface area contributed by atoms with Gasteiger partial charge in [-0.1, -0.05) is 49.4 Å². The zero-order valence-electron chi connectivity index (χ0n) is 23.1. The van der Waals surface area contributed by atoms with Gasteiger partial charge in [-0.15, -0.1) is 0 Å². The lowest BCUT2D eigenvalue weighted by atomic mass is 9.81. The van der Waals surface area contributed by atoms with Gasteiger partial charge in [0.2, 0.25) is 5.91 Å². The van der Waals surface area contributed by atoms with Crippen molar-refractivity contribution >= 4 is 29.2 Å². The Morgan fingerprint density at radius 3 is 2.33 bits per heavy atom. The molecule has 212 valence electrons. The molecule has 2 heterocycles. The molecule has 0 aliphatic carbocycles. The highest BCUT2D eigenvalue weighted by Gasteiger charge is 2.48. The molecule has 0 spiro atoms. The van der Waals surface area contributed by atoms with E-state index in [4.69, 9.17) is 16.3 Å². The molecule has 39 heavy (non-hydrogen) atoms. The van der Waals surface area contributed by atoms with Crippen LogP contribution in [0.25, 0.3) is 0 Å². The SMILES string of the molecule is C[C@@H]1C(=O)N(C)CCCCCCCCN2CCCCc3cc(Cl)ccc3COc3ccc(cc32)[C@@]1(O)C(=O)O. The largest absolute Gasteiger partial charge is 0.487 e. The Kier molecular flexibility index (Phi) is 9.78. The number of nitrogens with zero attached hydrogens (tertiary/aromatic N) is 2. The number of rotatable bonds is 1. The Hall–Kier alpha value is -2.77. The smallest absolute Gasteiger partial charge is 0.341 e. The highest BCUT2D eigenvalue weighted by Crippen LogP contribution is 2.39. The number of benzene rings is 2. The number of amides is 1. The third-order valence-electron chi connectivity index (χ3n) is 8.29. The van der Waals surface area contributed by atoms with Crippen LogP contribution in [-0.4, -0.2) is 53.7 Å². The van der Waals surface area contributed by atoms with Gasteiger partial charge in [0, 0.05) is 31.7 Å². The van der Waals surface area contributed by atoms with Crippen molar-refractivity contribution in [1.82, 2.24) is 4.90 Å². The Labute approximate surface area is 236 Å². The molecule has 2 aromatic carbocycles. The first-order valence-electron chi connectivity index (χ1n) is 14.2. The Morgan fingerprint density at radius 2 is 1.62 bits per heavy atom. The summed E-state index contributed by atoms with van der Waals surface area (Å²) in [7, 11) is 1.68. The minimum absolute atomic E-state index is 0.186. The van der Waals surface area contributed by atoms with Crippen molar-refractivity contribution in [1.29, 1.82) is 0 Å². The average Bonchev–Trinajstić information content (AvgIpc) is 2.95. The lowest BCUT2D eigenvalue weighted by molar-refractivity contribution is -0.172. The fourth-order valence-corrected chi connectivity index (χ4v) is 5.95. The van der Waals surface area contributed by atoms with Crippen molar-refractivity contribution in [3.8, 4) is 5.75 Å². The summed E-state index contributed by atoms with van der Waals surface area (Å²) in [5.74, 6) is -2.36. The topological polar surface area (TPSA) is 90.3 Å². The van der Waals surface area contributed by atoms with Gasteiger partial charge in [-0.2, -0.15) is 0 Å². The van der Waals surface area contributed by atoms with E-state index >= 15 is 0 Å². The molecule has 4 rings (SSSR count). The van der Waals surface area contributed by atoms with Gasteiger partial charge in [-0.3, -0.25) is 4.79 Å². The van der Waals surface area contributed by atoms with Gasteiger partial charge in [0.1, 0.15) is 12.4 Å². The van der Waals surface area contributed by atoms with E-state index in [0.717, 1.165) is 82.1 Å². The second-order valence-corrected chi connectivity index (χ2v) is 11.4. The first-order chi connectivity index (χ1) is 18.7. The maximum Gasteiger partial charge on any atom is 0.341 e. The van der Waals surface area contributed by atoms with E-state index < -0.39 is 17.5 Å². The van der Waals surface area contributed by atoms with Crippen LogP contribution in [0.4, 0.5) is 5.69 Å². The fraction of sp³-hybridized carbons (Fsp3) is 0.548. The molecule has 2 aromatic rings. The molecular formula is C31H41ClN2O5. The molecule has 2 atom stereocenters. The second kappa shape index (κ2) is 13.1. The van der Waals surface area contributed by atoms with Crippen molar-refractivity contribution in [2.75, 3.05) is 31.6 Å². The van der Waals surface area contributed by atoms with E-state index in [1.165, 1.54) is 12.5 Å². The van der Waals surface area contributed by atoms with Crippen molar-refractivity contribution < 1.29 is 24.5 Å². The average molecular weight is 557 g/mol. The molecule has 0 saturated carbocycles. The Balaban J connectivity index is 1.78. The molecule has 1 amide bonds. The number of hydrogen-bond donors (Lipinski definition) is 2. The predicted molar refractivity (Wildman–Crippen MR) is 153 cm³/mol. The van der Waals surface area contributed by atoms with Crippen LogP contribution in [0.3, 0.4) is 0 Å². The maximum absolute atomic E-state index is 13.3. The summed E-state index contributed by atoms with van der Waals surface area (Å²) < 4.78 is 6.36. The normalized spacial score (nSPS) is 23.8. The molecule has 0 unspecified atom stereocenters. The van der Waals surface area contributed by atoms with Crippen LogP contribution in [-0.2, 0) is 28.2 Å². The van der Waals surface area contributed by atoms with Crippen LogP contribution in [0, 0.1) is 5.92 Å². The summed E-state index contributed by atoms with van der Waals surface area (Å²) in [6.07, 6.45) is 9.05. The molecule has 2 aliphatic heterocycles. The number of carboxylic acid groups (broad SMARTS) is 1. The summed E-state index contributed by atoms with van der Waals surface area (Å²) in [5.41, 5.74) is 0.812. The number of aryl methyl sites for hydroxylation is 1. The maximum atomic E-state index is 13.3. The molecule has 0 radical (unpaired) electrons. The monoisotopic (exact) mass is 556 g/mol. The van der Waals surface area contributed by atoms with Crippen LogP contribution in [0.1, 0.15) is 75.0 Å². The summed E-state index contributed by atoms with van der Waals surface area (Å²) in [6.45, 7) is 3.98. The van der Waals surface area contributed by atoms with Crippen LogP contribution < -0.4 is 9.64 Å². The van der Waals surface area contributed by atoms with Gasteiger partial charge < -0.3 is 24.7 Å². The number of anilines is 1. The molecule has 7 nitrogen and oxygen atoms in total. The standard InChI is InChI=1S/C31H41ClN2O5/c1-22-29(35)33(2)16-8-5-3-4-6-9-17-34-18-10-7-11-23-19-26(32)14-12-24(23)21-39-28-15-13-25(20-27(28)34)31(22,38)30(36)37/h12-15,19-20,22,38H,3-11,16-18,21H2,1-2H3,(H,36,37)/t22-,31-/m1/s1. The molecule has 8 heteroatoms. The van der Waals surface area contributed by atoms with Crippen molar-refractivity contribution in [2.45, 2.75) is 76.9 Å².